The van der Waals surface area contributed by atoms with Crippen LogP contribution >= 0.6 is 34.7 Å². The van der Waals surface area contributed by atoms with Gasteiger partial charge in [-0.05, 0) is 17.7 Å². The van der Waals surface area contributed by atoms with Gasteiger partial charge in [0.2, 0.25) is 0 Å². The molecule has 3 aromatic heterocycles. The molecule has 0 aliphatic rings. The van der Waals surface area contributed by atoms with Crippen molar-refractivity contribution in [3.05, 3.63) is 81.2 Å². The molecule has 3 heterocycles. The number of aromatic amines is 1. The Morgan fingerprint density at radius 1 is 1.06 bits per heavy atom. The van der Waals surface area contributed by atoms with Crippen molar-refractivity contribution in [1.29, 1.82) is 0 Å². The van der Waals surface area contributed by atoms with Crippen molar-refractivity contribution >= 4 is 44.9 Å². The summed E-state index contributed by atoms with van der Waals surface area (Å²) in [6.45, 7) is 0. The number of hydrogen-bond donors (Lipinski definition) is 1. The lowest BCUT2D eigenvalue weighted by Gasteiger charge is -2.05. The number of fused-ring (bicyclic) bond motifs is 1. The molecule has 0 unspecified atom stereocenters. The summed E-state index contributed by atoms with van der Waals surface area (Å²) in [5, 5.41) is 12.5. The van der Waals surface area contributed by atoms with Gasteiger partial charge >= 0.3 is 0 Å². The van der Waals surface area contributed by atoms with Crippen LogP contribution in [0.5, 0.6) is 0 Å². The maximum absolute atomic E-state index is 12.8. The predicted molar refractivity (Wildman–Crippen MR) is 127 cm³/mol. The Kier molecular flexibility index (Phi) is 5.35. The molecule has 0 atom stereocenters. The van der Waals surface area contributed by atoms with Crippen LogP contribution < -0.4 is 5.56 Å². The highest BCUT2D eigenvalue weighted by Gasteiger charge is 2.16. The summed E-state index contributed by atoms with van der Waals surface area (Å²) < 4.78 is 1.89. The van der Waals surface area contributed by atoms with Crippen LogP contribution in [-0.2, 0) is 12.8 Å². The molecule has 1 N–H and O–H groups in total. The van der Waals surface area contributed by atoms with Gasteiger partial charge in [-0.25, -0.2) is 4.98 Å². The summed E-state index contributed by atoms with van der Waals surface area (Å²) in [4.78, 5) is 21.1. The monoisotopic (exact) mass is 465 g/mol. The highest BCUT2D eigenvalue weighted by atomic mass is 35.5. The highest BCUT2D eigenvalue weighted by Crippen LogP contribution is 2.32. The standard InChI is InChI=1S/C22H16ClN5OS2/c1-28-19(14-9-5-6-10-16(14)23)26-27-22(28)31-12-17-24-20(29)18-15(11-30-21(18)25-17)13-7-3-2-4-8-13/h2-11H,12H2,1H3,(H,24,25,29). The molecule has 0 amide bonds. The van der Waals surface area contributed by atoms with Crippen molar-refractivity contribution in [1.82, 2.24) is 24.7 Å². The molecule has 0 fully saturated rings. The predicted octanol–water partition coefficient (Wildman–Crippen LogP) is 5.39. The number of nitrogens with one attached hydrogen (secondary N) is 1. The first-order valence-corrected chi connectivity index (χ1v) is 11.7. The Hall–Kier alpha value is -2.94. The zero-order valence-corrected chi connectivity index (χ0v) is 18.8. The molecule has 5 rings (SSSR count). The fraction of sp³-hybridized carbons (Fsp3) is 0.0909. The summed E-state index contributed by atoms with van der Waals surface area (Å²) in [5.74, 6) is 1.76. The zero-order valence-electron chi connectivity index (χ0n) is 16.4. The highest BCUT2D eigenvalue weighted by molar-refractivity contribution is 7.98. The third-order valence-electron chi connectivity index (χ3n) is 4.87. The maximum Gasteiger partial charge on any atom is 0.260 e. The molecule has 5 aromatic rings. The van der Waals surface area contributed by atoms with Crippen molar-refractivity contribution in [2.45, 2.75) is 10.9 Å². The zero-order chi connectivity index (χ0) is 21.4. The average Bonchev–Trinajstić information content (AvgIpc) is 3.37. The second-order valence-corrected chi connectivity index (χ2v) is 9.05. The van der Waals surface area contributed by atoms with Crippen LogP contribution in [0, 0.1) is 0 Å². The van der Waals surface area contributed by atoms with Gasteiger partial charge in [0.25, 0.3) is 5.56 Å². The van der Waals surface area contributed by atoms with E-state index in [9.17, 15) is 4.79 Å². The van der Waals surface area contributed by atoms with Gasteiger partial charge in [-0.2, -0.15) is 0 Å². The minimum Gasteiger partial charge on any atom is -0.309 e. The van der Waals surface area contributed by atoms with Gasteiger partial charge in [0.15, 0.2) is 11.0 Å². The molecule has 0 radical (unpaired) electrons. The molecule has 0 saturated heterocycles. The van der Waals surface area contributed by atoms with Crippen molar-refractivity contribution in [3.8, 4) is 22.5 Å². The van der Waals surface area contributed by atoms with Gasteiger partial charge in [-0.15, -0.1) is 21.5 Å². The molecule has 0 spiro atoms. The third-order valence-corrected chi connectivity index (χ3v) is 7.10. The molecular formula is C22H16ClN5OS2. The van der Waals surface area contributed by atoms with E-state index in [0.717, 1.165) is 21.5 Å². The van der Waals surface area contributed by atoms with Gasteiger partial charge in [-0.3, -0.25) is 4.79 Å². The van der Waals surface area contributed by atoms with Gasteiger partial charge < -0.3 is 9.55 Å². The number of halogens is 1. The Balaban J connectivity index is 1.41. The molecule has 0 aliphatic heterocycles. The van der Waals surface area contributed by atoms with Crippen LogP contribution in [-0.4, -0.2) is 24.7 Å². The normalized spacial score (nSPS) is 11.3. The molecule has 154 valence electrons. The topological polar surface area (TPSA) is 76.5 Å². The molecule has 0 saturated carbocycles. The van der Waals surface area contributed by atoms with E-state index in [1.54, 1.807) is 0 Å². The second kappa shape index (κ2) is 8.30. The number of rotatable bonds is 5. The maximum atomic E-state index is 12.8. The van der Waals surface area contributed by atoms with Crippen LogP contribution in [0.25, 0.3) is 32.7 Å². The first-order chi connectivity index (χ1) is 15.1. The summed E-state index contributed by atoms with van der Waals surface area (Å²) in [6.07, 6.45) is 0. The summed E-state index contributed by atoms with van der Waals surface area (Å²) in [5.41, 5.74) is 2.61. The Morgan fingerprint density at radius 2 is 1.84 bits per heavy atom. The van der Waals surface area contributed by atoms with Gasteiger partial charge in [-0.1, -0.05) is 65.8 Å². The summed E-state index contributed by atoms with van der Waals surface area (Å²) in [7, 11) is 1.89. The Bertz CT molecular complexity index is 1440. The third kappa shape index (κ3) is 3.78. The first kappa shape index (κ1) is 20.0. The smallest absolute Gasteiger partial charge is 0.260 e. The lowest BCUT2D eigenvalue weighted by Crippen LogP contribution is -2.10. The quantitative estimate of drug-likeness (QED) is 0.352. The van der Waals surface area contributed by atoms with Gasteiger partial charge in [0.05, 0.1) is 16.2 Å². The SMILES string of the molecule is Cn1c(SCc2nc3scc(-c4ccccc4)c3c(=O)[nH]2)nnc1-c1ccccc1Cl. The number of aromatic nitrogens is 5. The van der Waals surface area contributed by atoms with Crippen LogP contribution in [0.3, 0.4) is 0 Å². The molecule has 9 heteroatoms. The van der Waals surface area contributed by atoms with Crippen LogP contribution in [0.1, 0.15) is 5.82 Å². The fourth-order valence-corrected chi connectivity index (χ4v) is 5.31. The van der Waals surface area contributed by atoms with E-state index in [4.69, 9.17) is 11.6 Å². The minimum atomic E-state index is -0.129. The van der Waals surface area contributed by atoms with Gasteiger partial charge in [0, 0.05) is 23.6 Å². The fourth-order valence-electron chi connectivity index (χ4n) is 3.34. The molecular weight excluding hydrogens is 450 g/mol. The van der Waals surface area contributed by atoms with Crippen LogP contribution in [0.15, 0.2) is 69.9 Å². The van der Waals surface area contributed by atoms with E-state index >= 15 is 0 Å². The van der Waals surface area contributed by atoms with E-state index in [1.165, 1.54) is 23.1 Å². The molecule has 2 aromatic carbocycles. The Morgan fingerprint density at radius 3 is 2.65 bits per heavy atom. The van der Waals surface area contributed by atoms with E-state index in [-0.39, 0.29) is 5.56 Å². The minimum absolute atomic E-state index is 0.129. The Labute approximate surface area is 191 Å². The number of thioether (sulfide) groups is 1. The molecule has 0 bridgehead atoms. The largest absolute Gasteiger partial charge is 0.309 e. The molecule has 31 heavy (non-hydrogen) atoms. The van der Waals surface area contributed by atoms with Crippen molar-refractivity contribution in [3.63, 3.8) is 0 Å². The number of thiophene rings is 1. The number of H-pyrrole nitrogens is 1. The molecule has 0 aliphatic carbocycles. The van der Waals surface area contributed by atoms with E-state index in [0.29, 0.717) is 33.0 Å². The van der Waals surface area contributed by atoms with E-state index < -0.39 is 0 Å². The van der Waals surface area contributed by atoms with Crippen LogP contribution in [0.2, 0.25) is 5.02 Å². The van der Waals surface area contributed by atoms with Crippen molar-refractivity contribution < 1.29 is 0 Å². The summed E-state index contributed by atoms with van der Waals surface area (Å²) in [6, 6.07) is 17.4. The second-order valence-electron chi connectivity index (χ2n) is 6.84. The van der Waals surface area contributed by atoms with Gasteiger partial charge in [0.1, 0.15) is 10.7 Å². The molecule has 6 nitrogen and oxygen atoms in total. The van der Waals surface area contributed by atoms with Crippen molar-refractivity contribution in [2.75, 3.05) is 0 Å². The van der Waals surface area contributed by atoms with Crippen LogP contribution in [0.4, 0.5) is 0 Å². The lowest BCUT2D eigenvalue weighted by atomic mass is 10.1. The van der Waals surface area contributed by atoms with E-state index in [1.807, 2.05) is 71.6 Å². The lowest BCUT2D eigenvalue weighted by molar-refractivity contribution is 0.793. The number of benzene rings is 2. The summed E-state index contributed by atoms with van der Waals surface area (Å²) >= 11 is 9.23. The number of hydrogen-bond acceptors (Lipinski definition) is 6. The first-order valence-electron chi connectivity index (χ1n) is 9.44. The average molecular weight is 466 g/mol. The number of nitrogens with zero attached hydrogens (tertiary/aromatic N) is 4. The van der Waals surface area contributed by atoms with E-state index in [2.05, 4.69) is 20.2 Å². The van der Waals surface area contributed by atoms with Crippen molar-refractivity contribution in [2.24, 2.45) is 7.05 Å².